The molecule has 7 aromatic rings. The van der Waals surface area contributed by atoms with Crippen molar-refractivity contribution in [3.05, 3.63) is 179 Å². The Labute approximate surface area is 288 Å². The van der Waals surface area contributed by atoms with Gasteiger partial charge in [-0.05, 0) is 136 Å². The van der Waals surface area contributed by atoms with Gasteiger partial charge in [-0.2, -0.15) is 0 Å². The molecule has 3 aliphatic rings. The first-order chi connectivity index (χ1) is 24.0. The number of fused-ring (bicyclic) bond motifs is 7. The van der Waals surface area contributed by atoms with E-state index in [2.05, 4.69) is 166 Å². The van der Waals surface area contributed by atoms with E-state index in [0.717, 1.165) is 19.3 Å². The summed E-state index contributed by atoms with van der Waals surface area (Å²) in [7, 11) is 0. The molecule has 0 fully saturated rings. The maximum absolute atomic E-state index is 2.49. The monoisotopic (exact) mass is 626 g/mol. The van der Waals surface area contributed by atoms with Crippen molar-refractivity contribution in [3.8, 4) is 11.1 Å². The van der Waals surface area contributed by atoms with Crippen LogP contribution >= 0.6 is 0 Å². The standard InChI is InChI=1S/C49H38/c1-49(2)45-18-10-9-15-39(45)40-25-24-38(30-46(40)49)47-41-16-7-8-17-42(41)48(37-22-20-32-12-4-6-14-34(32)28-37)44-29-36(23-26-43(44)47)35-21-19-31-11-3-5-13-33(31)27-35/h3-19,21,23-29,46H,20,22,30H2,1-2H3. The van der Waals surface area contributed by atoms with Crippen molar-refractivity contribution in [2.75, 3.05) is 0 Å². The van der Waals surface area contributed by atoms with Crippen LogP contribution in [-0.2, 0) is 11.8 Å². The van der Waals surface area contributed by atoms with Gasteiger partial charge in [0, 0.05) is 0 Å². The minimum Gasteiger partial charge on any atom is -0.0620 e. The summed E-state index contributed by atoms with van der Waals surface area (Å²) in [5.41, 5.74) is 15.5. The fraction of sp³-hybridized carbons (Fsp3) is 0.143. The Morgan fingerprint density at radius 1 is 0.531 bits per heavy atom. The Balaban J connectivity index is 1.24. The summed E-state index contributed by atoms with van der Waals surface area (Å²) in [6.07, 6.45) is 10.5. The van der Waals surface area contributed by atoms with Crippen LogP contribution in [0.1, 0.15) is 60.1 Å². The first kappa shape index (κ1) is 28.5. The number of hydrogen-bond donors (Lipinski definition) is 0. The zero-order valence-corrected chi connectivity index (χ0v) is 28.1. The minimum absolute atomic E-state index is 0.0804. The first-order valence-corrected chi connectivity index (χ1v) is 17.8. The molecule has 0 nitrogen and oxygen atoms in total. The van der Waals surface area contributed by atoms with Crippen molar-refractivity contribution < 1.29 is 0 Å². The van der Waals surface area contributed by atoms with Crippen LogP contribution in [0.5, 0.6) is 0 Å². The van der Waals surface area contributed by atoms with Crippen molar-refractivity contribution in [2.45, 2.75) is 38.5 Å². The highest BCUT2D eigenvalue weighted by atomic mass is 14.5. The highest BCUT2D eigenvalue weighted by molar-refractivity contribution is 6.18. The molecule has 1 atom stereocenters. The summed E-state index contributed by atoms with van der Waals surface area (Å²) in [5, 5.41) is 7.99. The Hall–Kier alpha value is -5.46. The van der Waals surface area contributed by atoms with Gasteiger partial charge in [-0.25, -0.2) is 0 Å². The molecule has 0 bridgehead atoms. The quantitative estimate of drug-likeness (QED) is 0.171. The van der Waals surface area contributed by atoms with Gasteiger partial charge in [0.2, 0.25) is 0 Å². The van der Waals surface area contributed by atoms with E-state index in [1.165, 1.54) is 93.5 Å². The van der Waals surface area contributed by atoms with E-state index in [1.807, 2.05) is 0 Å². The van der Waals surface area contributed by atoms with E-state index in [4.69, 9.17) is 0 Å². The molecular weight excluding hydrogens is 589 g/mol. The second kappa shape index (κ2) is 10.8. The summed E-state index contributed by atoms with van der Waals surface area (Å²) in [6.45, 7) is 4.89. The van der Waals surface area contributed by atoms with Crippen molar-refractivity contribution in [1.29, 1.82) is 0 Å². The Kier molecular flexibility index (Phi) is 6.28. The number of aryl methyl sites for hydroxylation is 1. The molecule has 0 aliphatic heterocycles. The van der Waals surface area contributed by atoms with Crippen LogP contribution < -0.4 is 0 Å². The van der Waals surface area contributed by atoms with Crippen LogP contribution in [0.2, 0.25) is 0 Å². The van der Waals surface area contributed by atoms with Crippen molar-refractivity contribution in [2.24, 2.45) is 5.92 Å². The van der Waals surface area contributed by atoms with Gasteiger partial charge >= 0.3 is 0 Å². The Morgan fingerprint density at radius 2 is 1.20 bits per heavy atom. The molecule has 3 aliphatic carbocycles. The molecule has 0 saturated heterocycles. The SMILES string of the molecule is CC1(C)c2ccccc2C2=CC=C(c3c4ccccc4c(C4=Cc5ccccc5CC4)c4cc(-c5ccc6ccccc6c5)ccc34)CC21. The summed E-state index contributed by atoms with van der Waals surface area (Å²) in [6, 6.07) is 50.1. The van der Waals surface area contributed by atoms with Crippen LogP contribution in [0.3, 0.4) is 0 Å². The second-order valence-electron chi connectivity index (χ2n) is 14.8. The number of allylic oxidation sites excluding steroid dienone is 5. The molecule has 0 spiro atoms. The fourth-order valence-electron chi connectivity index (χ4n) is 9.34. The summed E-state index contributed by atoms with van der Waals surface area (Å²) >= 11 is 0. The summed E-state index contributed by atoms with van der Waals surface area (Å²) < 4.78 is 0. The largest absolute Gasteiger partial charge is 0.0620 e. The van der Waals surface area contributed by atoms with Crippen molar-refractivity contribution in [3.63, 3.8) is 0 Å². The second-order valence-corrected chi connectivity index (χ2v) is 14.8. The van der Waals surface area contributed by atoms with Crippen LogP contribution in [0.4, 0.5) is 0 Å². The van der Waals surface area contributed by atoms with E-state index in [0.29, 0.717) is 5.92 Å². The minimum atomic E-state index is 0.0804. The molecular formula is C49H38. The number of rotatable bonds is 3. The Bertz CT molecular complexity index is 2600. The van der Waals surface area contributed by atoms with Gasteiger partial charge < -0.3 is 0 Å². The highest BCUT2D eigenvalue weighted by Gasteiger charge is 2.43. The molecule has 1 unspecified atom stereocenters. The van der Waals surface area contributed by atoms with Gasteiger partial charge in [0.05, 0.1) is 0 Å². The molecule has 0 amide bonds. The van der Waals surface area contributed by atoms with Crippen LogP contribution in [-0.4, -0.2) is 0 Å². The lowest BCUT2D eigenvalue weighted by molar-refractivity contribution is 0.418. The molecule has 0 radical (unpaired) electrons. The van der Waals surface area contributed by atoms with E-state index >= 15 is 0 Å². The molecule has 0 heterocycles. The molecule has 10 rings (SSSR count). The van der Waals surface area contributed by atoms with E-state index in [1.54, 1.807) is 0 Å². The normalized spacial score (nSPS) is 17.7. The van der Waals surface area contributed by atoms with Crippen LogP contribution in [0, 0.1) is 5.92 Å². The van der Waals surface area contributed by atoms with Crippen LogP contribution in [0.25, 0.3) is 66.2 Å². The number of benzene rings is 7. The maximum Gasteiger partial charge on any atom is -0.00232 e. The molecule has 7 aromatic carbocycles. The third-order valence-electron chi connectivity index (χ3n) is 11.9. The smallest absolute Gasteiger partial charge is 0.00232 e. The predicted molar refractivity (Wildman–Crippen MR) is 211 cm³/mol. The lowest BCUT2D eigenvalue weighted by Gasteiger charge is -2.32. The third-order valence-corrected chi connectivity index (χ3v) is 11.9. The Morgan fingerprint density at radius 3 is 2.08 bits per heavy atom. The van der Waals surface area contributed by atoms with Gasteiger partial charge in [-0.1, -0.05) is 153 Å². The average Bonchev–Trinajstić information content (AvgIpc) is 3.38. The van der Waals surface area contributed by atoms with Crippen molar-refractivity contribution >= 4 is 55.1 Å². The van der Waals surface area contributed by atoms with E-state index in [9.17, 15) is 0 Å². The first-order valence-electron chi connectivity index (χ1n) is 17.8. The lowest BCUT2D eigenvalue weighted by atomic mass is 9.71. The lowest BCUT2D eigenvalue weighted by Crippen LogP contribution is -2.25. The van der Waals surface area contributed by atoms with Crippen LogP contribution in [0.15, 0.2) is 146 Å². The third kappa shape index (κ3) is 4.37. The fourth-order valence-corrected chi connectivity index (χ4v) is 9.34. The molecule has 0 heteroatoms. The van der Waals surface area contributed by atoms with E-state index in [-0.39, 0.29) is 5.41 Å². The average molecular weight is 627 g/mol. The topological polar surface area (TPSA) is 0 Å². The van der Waals surface area contributed by atoms with Crippen molar-refractivity contribution in [1.82, 2.24) is 0 Å². The molecule has 49 heavy (non-hydrogen) atoms. The molecule has 0 saturated carbocycles. The van der Waals surface area contributed by atoms with Gasteiger partial charge in [0.1, 0.15) is 0 Å². The predicted octanol–water partition coefficient (Wildman–Crippen LogP) is 13.1. The zero-order valence-electron chi connectivity index (χ0n) is 28.1. The summed E-state index contributed by atoms with van der Waals surface area (Å²) in [5.74, 6) is 0.452. The molecule has 0 N–H and O–H groups in total. The van der Waals surface area contributed by atoms with Gasteiger partial charge in [-0.15, -0.1) is 0 Å². The van der Waals surface area contributed by atoms with Gasteiger partial charge in [0.15, 0.2) is 0 Å². The zero-order chi connectivity index (χ0) is 32.7. The highest BCUT2D eigenvalue weighted by Crippen LogP contribution is 2.56. The number of hydrogen-bond acceptors (Lipinski definition) is 0. The molecule has 234 valence electrons. The maximum atomic E-state index is 2.49. The summed E-state index contributed by atoms with van der Waals surface area (Å²) in [4.78, 5) is 0. The molecule has 0 aromatic heterocycles. The van der Waals surface area contributed by atoms with E-state index < -0.39 is 0 Å². The van der Waals surface area contributed by atoms with Gasteiger partial charge in [-0.3, -0.25) is 0 Å². The van der Waals surface area contributed by atoms with Gasteiger partial charge in [0.25, 0.3) is 0 Å².